The molecule has 4 heteroatoms. The Balaban J connectivity index is 1.56. The van der Waals surface area contributed by atoms with Gasteiger partial charge in [-0.05, 0) is 30.7 Å². The predicted molar refractivity (Wildman–Crippen MR) is 114 cm³/mol. The third-order valence-electron chi connectivity index (χ3n) is 4.70. The number of aryl methyl sites for hydroxylation is 1. The number of nitrogens with zero attached hydrogens (tertiary/aromatic N) is 2. The van der Waals surface area contributed by atoms with E-state index in [1.54, 1.807) is 18.3 Å². The molecule has 0 atom stereocenters. The van der Waals surface area contributed by atoms with Crippen LogP contribution in [0.4, 0.5) is 0 Å². The van der Waals surface area contributed by atoms with Crippen LogP contribution in [0, 0.1) is 6.92 Å². The molecule has 0 spiro atoms. The van der Waals surface area contributed by atoms with E-state index in [9.17, 15) is 4.79 Å². The minimum absolute atomic E-state index is 0.218. The molecule has 28 heavy (non-hydrogen) atoms. The Morgan fingerprint density at radius 1 is 0.964 bits per heavy atom. The zero-order valence-corrected chi connectivity index (χ0v) is 15.7. The van der Waals surface area contributed by atoms with E-state index in [4.69, 9.17) is 0 Å². The molecule has 0 saturated heterocycles. The van der Waals surface area contributed by atoms with E-state index in [0.717, 1.165) is 28.6 Å². The first-order valence-electron chi connectivity index (χ1n) is 9.22. The highest BCUT2D eigenvalue weighted by Crippen LogP contribution is 2.21. The first-order chi connectivity index (χ1) is 13.7. The lowest BCUT2D eigenvalue weighted by Crippen LogP contribution is -2.17. The van der Waals surface area contributed by atoms with E-state index < -0.39 is 0 Å². The van der Waals surface area contributed by atoms with E-state index >= 15 is 0 Å². The minimum atomic E-state index is -0.218. The van der Waals surface area contributed by atoms with Crippen LogP contribution in [0.2, 0.25) is 0 Å². The summed E-state index contributed by atoms with van der Waals surface area (Å²) in [6.07, 6.45) is 3.77. The van der Waals surface area contributed by atoms with E-state index in [1.165, 1.54) is 5.56 Å². The van der Waals surface area contributed by atoms with Gasteiger partial charge in [0.2, 0.25) is 0 Å². The van der Waals surface area contributed by atoms with Gasteiger partial charge in [-0.25, -0.2) is 5.43 Å². The van der Waals surface area contributed by atoms with Gasteiger partial charge >= 0.3 is 0 Å². The molecule has 0 unspecified atom stereocenters. The summed E-state index contributed by atoms with van der Waals surface area (Å²) in [6.45, 7) is 2.77. The average Bonchev–Trinajstić information content (AvgIpc) is 3.07. The third-order valence-corrected chi connectivity index (χ3v) is 4.70. The van der Waals surface area contributed by atoms with E-state index in [-0.39, 0.29) is 5.91 Å². The van der Waals surface area contributed by atoms with Gasteiger partial charge in [-0.3, -0.25) is 4.79 Å². The second-order valence-corrected chi connectivity index (χ2v) is 6.78. The first kappa shape index (κ1) is 17.7. The molecule has 1 N–H and O–H groups in total. The fraction of sp³-hybridized carbons (Fsp3) is 0.0833. The molecule has 4 rings (SSSR count). The van der Waals surface area contributed by atoms with Crippen molar-refractivity contribution < 1.29 is 4.79 Å². The Hall–Kier alpha value is -3.66. The van der Waals surface area contributed by atoms with Crippen molar-refractivity contribution in [3.8, 4) is 0 Å². The summed E-state index contributed by atoms with van der Waals surface area (Å²) < 4.78 is 2.20. The molecule has 1 amide bonds. The Labute approximate surface area is 164 Å². The van der Waals surface area contributed by atoms with Crippen molar-refractivity contribution in [3.05, 3.63) is 107 Å². The van der Waals surface area contributed by atoms with Crippen LogP contribution < -0.4 is 5.43 Å². The normalized spacial score (nSPS) is 11.2. The lowest BCUT2D eigenvalue weighted by molar-refractivity contribution is 0.0955. The monoisotopic (exact) mass is 367 g/mol. The van der Waals surface area contributed by atoms with E-state index in [1.807, 2.05) is 49.4 Å². The number of rotatable bonds is 5. The van der Waals surface area contributed by atoms with Crippen LogP contribution in [0.5, 0.6) is 0 Å². The van der Waals surface area contributed by atoms with Crippen molar-refractivity contribution in [1.82, 2.24) is 9.99 Å². The van der Waals surface area contributed by atoms with Crippen LogP contribution in [0.15, 0.2) is 90.2 Å². The Morgan fingerprint density at radius 2 is 1.68 bits per heavy atom. The van der Waals surface area contributed by atoms with Crippen LogP contribution in [-0.4, -0.2) is 16.7 Å². The molecule has 138 valence electrons. The molecule has 0 bridgehead atoms. The van der Waals surface area contributed by atoms with Crippen molar-refractivity contribution in [1.29, 1.82) is 0 Å². The summed E-state index contributed by atoms with van der Waals surface area (Å²) in [5, 5.41) is 5.28. The van der Waals surface area contributed by atoms with E-state index in [0.29, 0.717) is 5.56 Å². The fourth-order valence-corrected chi connectivity index (χ4v) is 3.22. The van der Waals surface area contributed by atoms with Gasteiger partial charge in [-0.15, -0.1) is 0 Å². The predicted octanol–water partition coefficient (Wildman–Crippen LogP) is 4.76. The van der Waals surface area contributed by atoms with Crippen LogP contribution >= 0.6 is 0 Å². The number of benzene rings is 3. The summed E-state index contributed by atoms with van der Waals surface area (Å²) in [6, 6.07) is 26.0. The molecule has 4 aromatic rings. The number of hydrogen-bond donors (Lipinski definition) is 1. The number of nitrogens with one attached hydrogen (secondary N) is 1. The molecule has 0 fully saturated rings. The lowest BCUT2D eigenvalue weighted by atomic mass is 10.1. The molecule has 3 aromatic carbocycles. The summed E-state index contributed by atoms with van der Waals surface area (Å²) >= 11 is 0. The fourth-order valence-electron chi connectivity index (χ4n) is 3.22. The molecule has 4 nitrogen and oxygen atoms in total. The first-order valence-corrected chi connectivity index (χ1v) is 9.22. The number of carbonyl (C=O) groups is 1. The van der Waals surface area contributed by atoms with Gasteiger partial charge in [0.1, 0.15) is 0 Å². The van der Waals surface area contributed by atoms with E-state index in [2.05, 4.69) is 45.6 Å². The van der Waals surface area contributed by atoms with Gasteiger partial charge in [0.15, 0.2) is 0 Å². The van der Waals surface area contributed by atoms with Crippen molar-refractivity contribution in [3.63, 3.8) is 0 Å². The largest absolute Gasteiger partial charge is 0.342 e. The molecule has 0 aliphatic rings. The maximum absolute atomic E-state index is 12.2. The van der Waals surface area contributed by atoms with Gasteiger partial charge in [0, 0.05) is 34.8 Å². The third kappa shape index (κ3) is 3.86. The minimum Gasteiger partial charge on any atom is -0.342 e. The number of fused-ring (bicyclic) bond motifs is 1. The van der Waals surface area contributed by atoms with Crippen molar-refractivity contribution >= 4 is 23.0 Å². The van der Waals surface area contributed by atoms with Crippen LogP contribution in [0.3, 0.4) is 0 Å². The molecular weight excluding hydrogens is 346 g/mol. The zero-order chi connectivity index (χ0) is 19.3. The maximum Gasteiger partial charge on any atom is 0.271 e. The molecule has 0 radical (unpaired) electrons. The zero-order valence-electron chi connectivity index (χ0n) is 15.7. The number of hydrogen-bond acceptors (Lipinski definition) is 2. The highest BCUT2D eigenvalue weighted by atomic mass is 16.2. The molecular formula is C24H21N3O. The molecule has 0 aliphatic heterocycles. The molecule has 1 heterocycles. The van der Waals surface area contributed by atoms with Crippen molar-refractivity contribution in [2.24, 2.45) is 5.10 Å². The van der Waals surface area contributed by atoms with Gasteiger partial charge in [0.25, 0.3) is 5.91 Å². The Bertz CT molecular complexity index is 1130. The summed E-state index contributed by atoms with van der Waals surface area (Å²) in [4.78, 5) is 12.2. The standard InChI is InChI=1S/C24H21N3O/c1-18-11-13-20(14-12-18)24(28)26-25-15-21-17-27(16-19-7-3-2-4-8-19)23-10-6-5-9-22(21)23/h2-15,17H,16H2,1H3,(H,26,28). The Morgan fingerprint density at radius 3 is 2.46 bits per heavy atom. The summed E-state index contributed by atoms with van der Waals surface area (Å²) in [5.41, 5.74) is 7.66. The van der Waals surface area contributed by atoms with Gasteiger partial charge in [-0.1, -0.05) is 66.2 Å². The van der Waals surface area contributed by atoms with Gasteiger partial charge in [0.05, 0.1) is 6.21 Å². The van der Waals surface area contributed by atoms with Gasteiger partial charge < -0.3 is 4.57 Å². The summed E-state index contributed by atoms with van der Waals surface area (Å²) in [5.74, 6) is -0.218. The summed E-state index contributed by atoms with van der Waals surface area (Å²) in [7, 11) is 0. The topological polar surface area (TPSA) is 46.4 Å². The number of hydrazone groups is 1. The maximum atomic E-state index is 12.2. The highest BCUT2D eigenvalue weighted by molar-refractivity contribution is 6.00. The second-order valence-electron chi connectivity index (χ2n) is 6.78. The average molecular weight is 367 g/mol. The van der Waals surface area contributed by atoms with Crippen molar-refractivity contribution in [2.45, 2.75) is 13.5 Å². The second kappa shape index (κ2) is 7.92. The molecule has 0 saturated carbocycles. The number of carbonyl (C=O) groups excluding carboxylic acids is 1. The van der Waals surface area contributed by atoms with Gasteiger partial charge in [-0.2, -0.15) is 5.10 Å². The van der Waals surface area contributed by atoms with Crippen LogP contribution in [0.25, 0.3) is 10.9 Å². The van der Waals surface area contributed by atoms with Crippen molar-refractivity contribution in [2.75, 3.05) is 0 Å². The quantitative estimate of drug-likeness (QED) is 0.401. The van der Waals surface area contributed by atoms with Crippen LogP contribution in [-0.2, 0) is 6.54 Å². The molecule has 1 aromatic heterocycles. The Kier molecular flexibility index (Phi) is 5.02. The SMILES string of the molecule is Cc1ccc(C(=O)NN=Cc2cn(Cc3ccccc3)c3ccccc23)cc1. The molecule has 0 aliphatic carbocycles. The van der Waals surface area contributed by atoms with Crippen LogP contribution in [0.1, 0.15) is 27.0 Å². The smallest absolute Gasteiger partial charge is 0.271 e. The number of para-hydroxylation sites is 1. The lowest BCUT2D eigenvalue weighted by Gasteiger charge is -2.05. The number of aromatic nitrogens is 1. The number of amides is 1. The highest BCUT2D eigenvalue weighted by Gasteiger charge is 2.08.